The standard InChI is InChI=1S/C20H21NO2/c1-2-3-11-17-19(23-14-15-9-5-4-6-10-15)16-12-7-8-13-18(16)21-20(17)22/h4-10,12-13H,2-3,11,14H2,1H3,(H,21,22). The number of nitrogens with one attached hydrogen (secondary N) is 1. The van der Waals surface area contributed by atoms with Crippen LogP contribution in [-0.4, -0.2) is 4.98 Å². The smallest absolute Gasteiger partial charge is 0.255 e. The Bertz CT molecular complexity index is 837. The number of hydrogen-bond acceptors (Lipinski definition) is 2. The molecular weight excluding hydrogens is 286 g/mol. The van der Waals surface area contributed by atoms with Crippen LogP contribution < -0.4 is 10.3 Å². The zero-order chi connectivity index (χ0) is 16.1. The Balaban J connectivity index is 2.02. The summed E-state index contributed by atoms with van der Waals surface area (Å²) in [6.07, 6.45) is 2.76. The van der Waals surface area contributed by atoms with Crippen molar-refractivity contribution in [2.75, 3.05) is 0 Å². The van der Waals surface area contributed by atoms with Crippen molar-refractivity contribution in [3.63, 3.8) is 0 Å². The number of benzene rings is 2. The van der Waals surface area contributed by atoms with Gasteiger partial charge >= 0.3 is 0 Å². The van der Waals surface area contributed by atoms with Crippen LogP contribution in [0.1, 0.15) is 30.9 Å². The molecule has 0 radical (unpaired) electrons. The lowest BCUT2D eigenvalue weighted by molar-refractivity contribution is 0.306. The minimum absolute atomic E-state index is 0.0415. The van der Waals surface area contributed by atoms with Crippen molar-refractivity contribution < 1.29 is 4.74 Å². The number of fused-ring (bicyclic) bond motifs is 1. The molecule has 1 N–H and O–H groups in total. The molecule has 118 valence electrons. The van der Waals surface area contributed by atoms with E-state index in [0.717, 1.165) is 47.0 Å². The minimum Gasteiger partial charge on any atom is -0.488 e. The summed E-state index contributed by atoms with van der Waals surface area (Å²) in [5.41, 5.74) is 2.63. The highest BCUT2D eigenvalue weighted by Crippen LogP contribution is 2.28. The van der Waals surface area contributed by atoms with Gasteiger partial charge in [-0.2, -0.15) is 0 Å². The Morgan fingerprint density at radius 1 is 1.00 bits per heavy atom. The average molecular weight is 307 g/mol. The highest BCUT2D eigenvalue weighted by atomic mass is 16.5. The van der Waals surface area contributed by atoms with E-state index in [1.807, 2.05) is 54.6 Å². The zero-order valence-electron chi connectivity index (χ0n) is 13.3. The van der Waals surface area contributed by atoms with Crippen LogP contribution in [-0.2, 0) is 13.0 Å². The molecule has 1 heterocycles. The lowest BCUT2D eigenvalue weighted by atomic mass is 10.1. The van der Waals surface area contributed by atoms with Crippen LogP contribution in [0.4, 0.5) is 0 Å². The van der Waals surface area contributed by atoms with E-state index < -0.39 is 0 Å². The lowest BCUT2D eigenvalue weighted by Crippen LogP contribution is -2.15. The molecule has 0 saturated heterocycles. The summed E-state index contributed by atoms with van der Waals surface area (Å²) in [6, 6.07) is 17.8. The number of H-pyrrole nitrogens is 1. The maximum absolute atomic E-state index is 12.4. The van der Waals surface area contributed by atoms with E-state index in [9.17, 15) is 4.79 Å². The molecule has 0 aliphatic carbocycles. The summed E-state index contributed by atoms with van der Waals surface area (Å²) in [4.78, 5) is 15.4. The fourth-order valence-electron chi connectivity index (χ4n) is 2.73. The van der Waals surface area contributed by atoms with Crippen LogP contribution >= 0.6 is 0 Å². The largest absolute Gasteiger partial charge is 0.488 e. The van der Waals surface area contributed by atoms with Crippen molar-refractivity contribution in [2.24, 2.45) is 0 Å². The molecule has 2 aromatic carbocycles. The van der Waals surface area contributed by atoms with Gasteiger partial charge in [-0.1, -0.05) is 55.8 Å². The summed E-state index contributed by atoms with van der Waals surface area (Å²) >= 11 is 0. The summed E-state index contributed by atoms with van der Waals surface area (Å²) in [5.74, 6) is 0.724. The van der Waals surface area contributed by atoms with Crippen molar-refractivity contribution in [1.82, 2.24) is 4.98 Å². The Labute approximate surface area is 135 Å². The van der Waals surface area contributed by atoms with Gasteiger partial charge in [0.1, 0.15) is 12.4 Å². The van der Waals surface area contributed by atoms with E-state index in [4.69, 9.17) is 4.74 Å². The molecule has 3 aromatic rings. The second-order valence-electron chi connectivity index (χ2n) is 5.69. The summed E-state index contributed by atoms with van der Waals surface area (Å²) < 4.78 is 6.09. The molecule has 3 nitrogen and oxygen atoms in total. The fourth-order valence-corrected chi connectivity index (χ4v) is 2.73. The van der Waals surface area contributed by atoms with Gasteiger partial charge in [0.2, 0.25) is 0 Å². The van der Waals surface area contributed by atoms with Gasteiger partial charge in [0.15, 0.2) is 0 Å². The van der Waals surface area contributed by atoms with Crippen LogP contribution in [0.2, 0.25) is 0 Å². The first-order valence-electron chi connectivity index (χ1n) is 8.10. The second kappa shape index (κ2) is 7.14. The predicted octanol–water partition coefficient (Wildman–Crippen LogP) is 4.45. The number of para-hydroxylation sites is 1. The highest BCUT2D eigenvalue weighted by molar-refractivity contribution is 5.86. The minimum atomic E-state index is -0.0415. The number of pyridine rings is 1. The summed E-state index contributed by atoms with van der Waals surface area (Å²) in [7, 11) is 0. The first-order valence-corrected chi connectivity index (χ1v) is 8.10. The van der Waals surface area contributed by atoms with Gasteiger partial charge in [0.05, 0.1) is 11.1 Å². The maximum atomic E-state index is 12.4. The normalized spacial score (nSPS) is 10.8. The van der Waals surface area contributed by atoms with Crippen molar-refractivity contribution in [1.29, 1.82) is 0 Å². The number of aromatic amines is 1. The highest BCUT2D eigenvalue weighted by Gasteiger charge is 2.13. The first-order chi connectivity index (χ1) is 11.3. The lowest BCUT2D eigenvalue weighted by Gasteiger charge is -2.14. The van der Waals surface area contributed by atoms with Crippen molar-refractivity contribution in [3.05, 3.63) is 76.1 Å². The van der Waals surface area contributed by atoms with E-state index in [1.165, 1.54) is 0 Å². The second-order valence-corrected chi connectivity index (χ2v) is 5.69. The fraction of sp³-hybridized carbons (Fsp3) is 0.250. The molecule has 0 fully saturated rings. The molecule has 3 heteroatoms. The third-order valence-electron chi connectivity index (χ3n) is 3.97. The van der Waals surface area contributed by atoms with E-state index in [-0.39, 0.29) is 5.56 Å². The van der Waals surface area contributed by atoms with E-state index >= 15 is 0 Å². The van der Waals surface area contributed by atoms with Gasteiger partial charge in [-0.25, -0.2) is 0 Å². The molecule has 0 bridgehead atoms. The van der Waals surface area contributed by atoms with Crippen LogP contribution in [0.3, 0.4) is 0 Å². The number of unbranched alkanes of at least 4 members (excludes halogenated alkanes) is 1. The molecule has 0 atom stereocenters. The number of hydrogen-bond donors (Lipinski definition) is 1. The van der Waals surface area contributed by atoms with Crippen molar-refractivity contribution >= 4 is 10.9 Å². The average Bonchev–Trinajstić information content (AvgIpc) is 2.59. The van der Waals surface area contributed by atoms with Gasteiger partial charge in [-0.3, -0.25) is 4.79 Å². The molecule has 23 heavy (non-hydrogen) atoms. The van der Waals surface area contributed by atoms with E-state index in [1.54, 1.807) is 0 Å². The van der Waals surface area contributed by atoms with E-state index in [2.05, 4.69) is 11.9 Å². The third kappa shape index (κ3) is 3.45. The van der Waals surface area contributed by atoms with Gasteiger partial charge in [0.25, 0.3) is 5.56 Å². The first kappa shape index (κ1) is 15.3. The van der Waals surface area contributed by atoms with Gasteiger partial charge in [-0.05, 0) is 30.5 Å². The molecule has 3 rings (SSSR count). The van der Waals surface area contributed by atoms with Gasteiger partial charge in [0, 0.05) is 5.39 Å². The van der Waals surface area contributed by atoms with Crippen LogP contribution in [0.25, 0.3) is 10.9 Å². The molecule has 0 saturated carbocycles. The van der Waals surface area contributed by atoms with Crippen LogP contribution in [0.15, 0.2) is 59.4 Å². The zero-order valence-corrected chi connectivity index (χ0v) is 13.3. The van der Waals surface area contributed by atoms with Crippen LogP contribution in [0, 0.1) is 0 Å². The maximum Gasteiger partial charge on any atom is 0.255 e. The van der Waals surface area contributed by atoms with Crippen LogP contribution in [0.5, 0.6) is 5.75 Å². The molecule has 0 aliphatic rings. The van der Waals surface area contributed by atoms with Crippen molar-refractivity contribution in [3.8, 4) is 5.75 Å². The quantitative estimate of drug-likeness (QED) is 0.731. The summed E-state index contributed by atoms with van der Waals surface area (Å²) in [5, 5.41) is 0.967. The Morgan fingerprint density at radius 3 is 2.52 bits per heavy atom. The Hall–Kier alpha value is -2.55. The Kier molecular flexibility index (Phi) is 4.77. The Morgan fingerprint density at radius 2 is 1.74 bits per heavy atom. The number of rotatable bonds is 6. The molecule has 0 aliphatic heterocycles. The molecule has 0 unspecified atom stereocenters. The predicted molar refractivity (Wildman–Crippen MR) is 94.0 cm³/mol. The molecule has 0 spiro atoms. The number of ether oxygens (including phenoxy) is 1. The number of aromatic nitrogens is 1. The topological polar surface area (TPSA) is 42.1 Å². The molecule has 1 aromatic heterocycles. The summed E-state index contributed by atoms with van der Waals surface area (Å²) in [6.45, 7) is 2.59. The van der Waals surface area contributed by atoms with Crippen molar-refractivity contribution in [2.45, 2.75) is 32.8 Å². The molecule has 0 amide bonds. The molecular formula is C20H21NO2. The van der Waals surface area contributed by atoms with Gasteiger partial charge < -0.3 is 9.72 Å². The third-order valence-corrected chi connectivity index (χ3v) is 3.97. The SMILES string of the molecule is CCCCc1c(OCc2ccccc2)c2ccccc2[nH]c1=O. The monoisotopic (exact) mass is 307 g/mol. The van der Waals surface area contributed by atoms with Gasteiger partial charge in [-0.15, -0.1) is 0 Å². The van der Waals surface area contributed by atoms with E-state index in [0.29, 0.717) is 6.61 Å².